The van der Waals surface area contributed by atoms with Crippen molar-refractivity contribution in [2.24, 2.45) is 5.41 Å². The van der Waals surface area contributed by atoms with Gasteiger partial charge in [0.05, 0.1) is 24.8 Å². The Morgan fingerprint density at radius 1 is 1.33 bits per heavy atom. The summed E-state index contributed by atoms with van der Waals surface area (Å²) in [6.07, 6.45) is 2.27. The molecule has 2 saturated heterocycles. The van der Waals surface area contributed by atoms with Gasteiger partial charge in [-0.2, -0.15) is 0 Å². The Bertz CT molecular complexity index is 296. The van der Waals surface area contributed by atoms with E-state index < -0.39 is 0 Å². The first-order chi connectivity index (χ1) is 8.34. The van der Waals surface area contributed by atoms with E-state index >= 15 is 0 Å². The fourth-order valence-corrected chi connectivity index (χ4v) is 3.06. The third kappa shape index (κ3) is 2.54. The minimum absolute atomic E-state index is 0.0454. The van der Waals surface area contributed by atoms with Gasteiger partial charge in [0, 0.05) is 6.54 Å². The third-order valence-corrected chi connectivity index (χ3v) is 4.29. The molecule has 0 spiro atoms. The molecule has 1 N–H and O–H groups in total. The lowest BCUT2D eigenvalue weighted by atomic mass is 9.76. The lowest BCUT2D eigenvalue weighted by molar-refractivity contribution is -0.152. The summed E-state index contributed by atoms with van der Waals surface area (Å²) >= 11 is 0. The quantitative estimate of drug-likeness (QED) is 0.769. The van der Waals surface area contributed by atoms with Gasteiger partial charge in [-0.15, -0.1) is 0 Å². The zero-order valence-electron chi connectivity index (χ0n) is 12.1. The molecule has 0 aliphatic carbocycles. The number of carbonyl (C=O) groups excluding carboxylic acids is 1. The van der Waals surface area contributed by atoms with Crippen LogP contribution in [0.4, 0.5) is 0 Å². The van der Waals surface area contributed by atoms with Gasteiger partial charge in [-0.3, -0.25) is 4.79 Å². The number of ether oxygens (including phenoxy) is 1. The fourth-order valence-electron chi connectivity index (χ4n) is 3.06. The van der Waals surface area contributed by atoms with E-state index in [-0.39, 0.29) is 22.9 Å². The molecule has 0 bridgehead atoms. The van der Waals surface area contributed by atoms with Crippen LogP contribution in [0.5, 0.6) is 0 Å². The van der Waals surface area contributed by atoms with E-state index in [0.29, 0.717) is 19.8 Å². The molecule has 1 unspecified atom stereocenters. The number of carbonyl (C=O) groups is 1. The van der Waals surface area contributed by atoms with Crippen molar-refractivity contribution >= 4 is 5.91 Å². The van der Waals surface area contributed by atoms with Gasteiger partial charge in [0.1, 0.15) is 0 Å². The maximum Gasteiger partial charge on any atom is 0.240 e. The summed E-state index contributed by atoms with van der Waals surface area (Å²) in [7, 11) is 0. The lowest BCUT2D eigenvalue weighted by Crippen LogP contribution is -2.63. The van der Waals surface area contributed by atoms with Crippen LogP contribution >= 0.6 is 0 Å². The minimum Gasteiger partial charge on any atom is -0.377 e. The Labute approximate surface area is 110 Å². The van der Waals surface area contributed by atoms with Crippen LogP contribution in [0.1, 0.15) is 40.5 Å². The van der Waals surface area contributed by atoms with Crippen molar-refractivity contribution in [2.75, 3.05) is 26.3 Å². The highest BCUT2D eigenvalue weighted by Crippen LogP contribution is 2.33. The Kier molecular flexibility index (Phi) is 3.70. The van der Waals surface area contributed by atoms with Crippen LogP contribution in [0, 0.1) is 5.41 Å². The molecule has 2 aliphatic heterocycles. The van der Waals surface area contributed by atoms with E-state index in [1.54, 1.807) is 0 Å². The number of morpholine rings is 1. The summed E-state index contributed by atoms with van der Waals surface area (Å²) in [6, 6.07) is -0.0522. The molecule has 0 saturated carbocycles. The Morgan fingerprint density at radius 2 is 2.06 bits per heavy atom. The molecule has 2 fully saturated rings. The van der Waals surface area contributed by atoms with E-state index in [0.717, 1.165) is 19.4 Å². The first-order valence-electron chi connectivity index (χ1n) is 6.97. The maximum atomic E-state index is 12.8. The van der Waals surface area contributed by atoms with Gasteiger partial charge in [0.25, 0.3) is 0 Å². The molecule has 0 aromatic heterocycles. The number of rotatable bonds is 1. The van der Waals surface area contributed by atoms with Crippen molar-refractivity contribution in [3.8, 4) is 0 Å². The van der Waals surface area contributed by atoms with Gasteiger partial charge in [-0.25, -0.2) is 0 Å². The van der Waals surface area contributed by atoms with Crippen molar-refractivity contribution in [2.45, 2.75) is 52.1 Å². The van der Waals surface area contributed by atoms with Crippen LogP contribution in [0.3, 0.4) is 0 Å². The van der Waals surface area contributed by atoms with Crippen LogP contribution < -0.4 is 5.32 Å². The standard InChI is InChI=1S/C14H26N2O2/c1-13(2)6-5-7-15-11(13)12(17)16-8-9-18-10-14(16,3)4/h11,15H,5-10H2,1-4H3. The highest BCUT2D eigenvalue weighted by molar-refractivity contribution is 5.83. The third-order valence-electron chi connectivity index (χ3n) is 4.29. The summed E-state index contributed by atoms with van der Waals surface area (Å²) in [5.74, 6) is 0.244. The summed E-state index contributed by atoms with van der Waals surface area (Å²) in [6.45, 7) is 11.5. The second-order valence-corrected chi connectivity index (χ2v) is 6.83. The van der Waals surface area contributed by atoms with Gasteiger partial charge in [-0.05, 0) is 38.6 Å². The first kappa shape index (κ1) is 13.8. The average molecular weight is 254 g/mol. The van der Waals surface area contributed by atoms with Crippen molar-refractivity contribution < 1.29 is 9.53 Å². The molecule has 1 amide bonds. The molecule has 2 rings (SSSR count). The van der Waals surface area contributed by atoms with Crippen molar-refractivity contribution in [3.05, 3.63) is 0 Å². The van der Waals surface area contributed by atoms with Gasteiger partial charge < -0.3 is 15.0 Å². The maximum absolute atomic E-state index is 12.8. The first-order valence-corrected chi connectivity index (χ1v) is 6.97. The highest BCUT2D eigenvalue weighted by Gasteiger charge is 2.43. The fraction of sp³-hybridized carbons (Fsp3) is 0.929. The molecule has 2 aliphatic rings. The van der Waals surface area contributed by atoms with E-state index in [9.17, 15) is 4.79 Å². The highest BCUT2D eigenvalue weighted by atomic mass is 16.5. The average Bonchev–Trinajstić information content (AvgIpc) is 2.27. The van der Waals surface area contributed by atoms with E-state index in [1.807, 2.05) is 4.90 Å². The minimum atomic E-state index is -0.190. The smallest absolute Gasteiger partial charge is 0.240 e. The molecule has 0 aromatic carbocycles. The summed E-state index contributed by atoms with van der Waals surface area (Å²) in [4.78, 5) is 14.8. The number of hydrogen-bond donors (Lipinski definition) is 1. The van der Waals surface area contributed by atoms with E-state index in [4.69, 9.17) is 4.74 Å². The topological polar surface area (TPSA) is 41.6 Å². The molecular formula is C14H26N2O2. The second-order valence-electron chi connectivity index (χ2n) is 6.83. The molecular weight excluding hydrogens is 228 g/mol. The molecule has 2 heterocycles. The number of nitrogens with one attached hydrogen (secondary N) is 1. The lowest BCUT2D eigenvalue weighted by Gasteiger charge is -2.47. The predicted octanol–water partition coefficient (Wildman–Crippen LogP) is 1.40. The van der Waals surface area contributed by atoms with Gasteiger partial charge >= 0.3 is 0 Å². The Balaban J connectivity index is 2.14. The van der Waals surface area contributed by atoms with Gasteiger partial charge in [0.2, 0.25) is 5.91 Å². The van der Waals surface area contributed by atoms with Gasteiger partial charge in [-0.1, -0.05) is 13.8 Å². The van der Waals surface area contributed by atoms with Gasteiger partial charge in [0.15, 0.2) is 0 Å². The van der Waals surface area contributed by atoms with Crippen LogP contribution in [0.25, 0.3) is 0 Å². The number of piperidine rings is 1. The summed E-state index contributed by atoms with van der Waals surface area (Å²) in [5, 5.41) is 3.41. The number of nitrogens with zero attached hydrogens (tertiary/aromatic N) is 1. The predicted molar refractivity (Wildman–Crippen MR) is 71.4 cm³/mol. The summed E-state index contributed by atoms with van der Waals surface area (Å²) < 4.78 is 5.49. The normalized spacial score (nSPS) is 31.1. The van der Waals surface area contributed by atoms with Crippen molar-refractivity contribution in [1.29, 1.82) is 0 Å². The second kappa shape index (κ2) is 4.82. The zero-order valence-corrected chi connectivity index (χ0v) is 12.1. The molecule has 1 atom stereocenters. The molecule has 104 valence electrons. The number of hydrogen-bond acceptors (Lipinski definition) is 3. The SMILES string of the molecule is CC1(C)CCCNC1C(=O)N1CCOCC1(C)C. The van der Waals surface area contributed by atoms with Crippen LogP contribution in [-0.2, 0) is 9.53 Å². The van der Waals surface area contributed by atoms with Crippen molar-refractivity contribution in [3.63, 3.8) is 0 Å². The van der Waals surface area contributed by atoms with Crippen molar-refractivity contribution in [1.82, 2.24) is 10.2 Å². The van der Waals surface area contributed by atoms with Crippen LogP contribution in [0.15, 0.2) is 0 Å². The van der Waals surface area contributed by atoms with E-state index in [1.165, 1.54) is 0 Å². The monoisotopic (exact) mass is 254 g/mol. The molecule has 18 heavy (non-hydrogen) atoms. The zero-order chi connectivity index (χ0) is 13.4. The molecule has 0 aromatic rings. The largest absolute Gasteiger partial charge is 0.377 e. The van der Waals surface area contributed by atoms with Crippen LogP contribution in [-0.4, -0.2) is 48.7 Å². The Morgan fingerprint density at radius 3 is 2.67 bits per heavy atom. The van der Waals surface area contributed by atoms with Crippen LogP contribution in [0.2, 0.25) is 0 Å². The number of amides is 1. The Hall–Kier alpha value is -0.610. The summed E-state index contributed by atoms with van der Waals surface area (Å²) in [5.41, 5.74) is -0.145. The molecule has 4 nitrogen and oxygen atoms in total. The molecule has 0 radical (unpaired) electrons. The van der Waals surface area contributed by atoms with E-state index in [2.05, 4.69) is 33.0 Å². The molecule has 4 heteroatoms.